The zero-order valence-corrected chi connectivity index (χ0v) is 22.9. The molecule has 0 aliphatic heterocycles. The number of allylic oxidation sites excluding steroid dienone is 3. The predicted octanol–water partition coefficient (Wildman–Crippen LogP) is 8.00. The van der Waals surface area contributed by atoms with Gasteiger partial charge < -0.3 is 5.11 Å². The summed E-state index contributed by atoms with van der Waals surface area (Å²) in [6.45, 7) is 20.2. The van der Waals surface area contributed by atoms with E-state index in [-0.39, 0.29) is 33.5 Å². The highest BCUT2D eigenvalue weighted by Crippen LogP contribution is 2.72. The molecule has 4 aliphatic carbocycles. The summed E-state index contributed by atoms with van der Waals surface area (Å²) in [5.74, 6) is 0.596. The number of fused-ring (bicyclic) bond motifs is 4. The second-order valence-electron chi connectivity index (χ2n) is 13.8. The lowest BCUT2D eigenvalue weighted by Crippen LogP contribution is -2.54. The number of ketones is 1. The van der Waals surface area contributed by atoms with Crippen molar-refractivity contribution >= 4 is 11.8 Å². The fourth-order valence-electron chi connectivity index (χ4n) is 9.30. The van der Waals surface area contributed by atoms with Crippen molar-refractivity contribution in [2.24, 2.45) is 45.3 Å². The van der Waals surface area contributed by atoms with Gasteiger partial charge in [-0.1, -0.05) is 71.8 Å². The molecule has 0 saturated heterocycles. The quantitative estimate of drug-likeness (QED) is 0.402. The Bertz CT molecular complexity index is 923. The summed E-state index contributed by atoms with van der Waals surface area (Å²) < 4.78 is 0. The maximum atomic E-state index is 12.8. The smallest absolute Gasteiger partial charge is 0.306 e. The lowest BCUT2D eigenvalue weighted by molar-refractivity contribution is -0.146. The molecule has 0 spiro atoms. The number of aliphatic carboxylic acids is 1. The number of rotatable bonds is 6. The third-order valence-electron chi connectivity index (χ3n) is 12.0. The maximum absolute atomic E-state index is 12.8. The number of Topliss-reactive ketones (excluding diaryl/α,β-unsaturated/α-hetero) is 1. The van der Waals surface area contributed by atoms with Gasteiger partial charge in [0.2, 0.25) is 0 Å². The Morgan fingerprint density at radius 3 is 2.29 bits per heavy atom. The highest BCUT2D eigenvalue weighted by atomic mass is 16.4. The molecule has 0 aromatic carbocycles. The van der Waals surface area contributed by atoms with Gasteiger partial charge in [-0.3, -0.25) is 9.59 Å². The van der Waals surface area contributed by atoms with E-state index in [0.29, 0.717) is 30.5 Å². The lowest BCUT2D eigenvalue weighted by atomic mass is 9.43. The van der Waals surface area contributed by atoms with Crippen molar-refractivity contribution in [3.05, 3.63) is 23.3 Å². The highest BCUT2D eigenvalue weighted by molar-refractivity contribution is 5.85. The number of hydrogen-bond donors (Lipinski definition) is 1. The van der Waals surface area contributed by atoms with Gasteiger partial charge >= 0.3 is 5.97 Å². The Morgan fingerprint density at radius 2 is 1.68 bits per heavy atom. The van der Waals surface area contributed by atoms with Crippen molar-refractivity contribution in [1.29, 1.82) is 0 Å². The van der Waals surface area contributed by atoms with Crippen LogP contribution in [0.5, 0.6) is 0 Å². The fraction of sp³-hybridized carbons (Fsp3) is 0.806. The molecule has 4 aliphatic rings. The van der Waals surface area contributed by atoms with E-state index < -0.39 is 5.97 Å². The van der Waals surface area contributed by atoms with Gasteiger partial charge in [-0.25, -0.2) is 0 Å². The molecule has 1 N–H and O–H groups in total. The Hall–Kier alpha value is -1.38. The zero-order valence-electron chi connectivity index (χ0n) is 22.9. The molecule has 0 aromatic rings. The summed E-state index contributed by atoms with van der Waals surface area (Å²) in [6, 6.07) is 0. The van der Waals surface area contributed by atoms with Crippen LogP contribution in [-0.4, -0.2) is 16.9 Å². The third kappa shape index (κ3) is 3.50. The van der Waals surface area contributed by atoms with Gasteiger partial charge in [-0.05, 0) is 91.8 Å². The fourth-order valence-corrected chi connectivity index (χ4v) is 9.30. The van der Waals surface area contributed by atoms with Crippen LogP contribution in [0, 0.1) is 45.3 Å². The Kier molecular flexibility index (Phi) is 6.31. The van der Waals surface area contributed by atoms with Crippen LogP contribution in [0.15, 0.2) is 23.3 Å². The Labute approximate surface area is 207 Å². The average Bonchev–Trinajstić information content (AvgIpc) is 3.02. The van der Waals surface area contributed by atoms with Crippen molar-refractivity contribution in [3.63, 3.8) is 0 Å². The van der Waals surface area contributed by atoms with Crippen molar-refractivity contribution in [2.45, 2.75) is 113 Å². The first-order valence-corrected chi connectivity index (χ1v) is 13.9. The van der Waals surface area contributed by atoms with E-state index in [4.69, 9.17) is 0 Å². The number of carboxylic acids is 1. The summed E-state index contributed by atoms with van der Waals surface area (Å²) in [4.78, 5) is 25.4. The van der Waals surface area contributed by atoms with Crippen LogP contribution in [-0.2, 0) is 9.59 Å². The molecule has 2 saturated carbocycles. The molecular weight excluding hydrogens is 420 g/mol. The van der Waals surface area contributed by atoms with Gasteiger partial charge in [0.15, 0.2) is 0 Å². The molecule has 0 radical (unpaired) electrons. The molecule has 34 heavy (non-hydrogen) atoms. The van der Waals surface area contributed by atoms with Crippen LogP contribution in [0.4, 0.5) is 0 Å². The molecule has 0 bridgehead atoms. The van der Waals surface area contributed by atoms with Crippen molar-refractivity contribution in [2.75, 3.05) is 0 Å². The van der Waals surface area contributed by atoms with E-state index in [0.717, 1.165) is 51.4 Å². The lowest BCUT2D eigenvalue weighted by Gasteiger charge is -2.60. The first kappa shape index (κ1) is 25.7. The molecule has 0 amide bonds. The largest absolute Gasteiger partial charge is 0.481 e. The minimum absolute atomic E-state index is 0.0251. The van der Waals surface area contributed by atoms with Crippen molar-refractivity contribution < 1.29 is 14.7 Å². The first-order valence-electron chi connectivity index (χ1n) is 13.9. The molecule has 190 valence electrons. The van der Waals surface area contributed by atoms with Gasteiger partial charge in [0.05, 0.1) is 5.92 Å². The third-order valence-corrected chi connectivity index (χ3v) is 12.0. The molecule has 6 atom stereocenters. The zero-order chi connectivity index (χ0) is 25.3. The van der Waals surface area contributed by atoms with E-state index in [2.05, 4.69) is 55.0 Å². The number of carbonyl (C=O) groups is 2. The number of carboxylic acid groups (broad SMARTS) is 1. The molecule has 0 aromatic heterocycles. The Morgan fingerprint density at radius 1 is 1.00 bits per heavy atom. The maximum Gasteiger partial charge on any atom is 0.306 e. The summed E-state index contributed by atoms with van der Waals surface area (Å²) in [7, 11) is 0. The summed E-state index contributed by atoms with van der Waals surface area (Å²) in [5.41, 5.74) is 4.47. The van der Waals surface area contributed by atoms with Crippen LogP contribution in [0.3, 0.4) is 0 Å². The van der Waals surface area contributed by atoms with Crippen LogP contribution in [0.1, 0.15) is 113 Å². The van der Waals surface area contributed by atoms with Gasteiger partial charge in [0.25, 0.3) is 0 Å². The monoisotopic (exact) mass is 468 g/mol. The highest BCUT2D eigenvalue weighted by Gasteiger charge is 2.64. The number of carbonyl (C=O) groups excluding carboxylic acids is 1. The summed E-state index contributed by atoms with van der Waals surface area (Å²) in [5, 5.41) is 10.3. The van der Waals surface area contributed by atoms with E-state index in [1.165, 1.54) is 5.57 Å². The van der Waals surface area contributed by atoms with Gasteiger partial charge in [0, 0.05) is 11.8 Å². The van der Waals surface area contributed by atoms with Crippen LogP contribution in [0.25, 0.3) is 0 Å². The topological polar surface area (TPSA) is 54.4 Å². The molecule has 1 unspecified atom stereocenters. The standard InChI is InChI=1S/C31H48O3/c1-19(2)20(3)9-10-21(27(33)34)22-13-17-31(8)24-11-12-25-28(4,5)26(32)15-16-29(25,6)23(24)14-18-30(22,31)7/h19,21-22,25H,3,9-18H2,1-2,4-8H3,(H,33,34)/t21-,22-,25?,29-,30-,31+/m1/s1. The van der Waals surface area contributed by atoms with Crippen LogP contribution in [0.2, 0.25) is 0 Å². The minimum atomic E-state index is -0.616. The van der Waals surface area contributed by atoms with E-state index >= 15 is 0 Å². The predicted molar refractivity (Wildman–Crippen MR) is 138 cm³/mol. The van der Waals surface area contributed by atoms with Gasteiger partial charge in [-0.15, -0.1) is 0 Å². The van der Waals surface area contributed by atoms with Crippen molar-refractivity contribution in [3.8, 4) is 0 Å². The van der Waals surface area contributed by atoms with Crippen molar-refractivity contribution in [1.82, 2.24) is 0 Å². The average molecular weight is 469 g/mol. The molecular formula is C31H48O3. The SMILES string of the molecule is C=C(CC[C@@H](C(=O)O)[C@H]1CC[C@@]2(C)C3=C(CC[C@]12C)[C@@]1(C)CCC(=O)C(C)(C)C1CC3)C(C)C. The first-order chi connectivity index (χ1) is 15.7. The molecule has 3 nitrogen and oxygen atoms in total. The molecule has 4 rings (SSSR count). The van der Waals surface area contributed by atoms with Crippen LogP contribution >= 0.6 is 0 Å². The summed E-state index contributed by atoms with van der Waals surface area (Å²) >= 11 is 0. The molecule has 0 heterocycles. The van der Waals surface area contributed by atoms with Gasteiger partial charge in [0.1, 0.15) is 5.78 Å². The molecule has 3 heteroatoms. The Balaban J connectivity index is 1.68. The van der Waals surface area contributed by atoms with E-state index in [9.17, 15) is 14.7 Å². The number of hydrogen-bond acceptors (Lipinski definition) is 2. The van der Waals surface area contributed by atoms with Crippen LogP contribution < -0.4 is 0 Å². The second kappa shape index (κ2) is 8.34. The van der Waals surface area contributed by atoms with Gasteiger partial charge in [-0.2, -0.15) is 0 Å². The van der Waals surface area contributed by atoms with E-state index in [1.807, 2.05) is 0 Å². The normalized spacial score (nSPS) is 39.9. The second-order valence-corrected chi connectivity index (χ2v) is 13.8. The summed E-state index contributed by atoms with van der Waals surface area (Å²) in [6.07, 6.45) is 9.69. The molecule has 2 fully saturated rings. The minimum Gasteiger partial charge on any atom is -0.481 e. The van der Waals surface area contributed by atoms with E-state index in [1.54, 1.807) is 11.1 Å².